The van der Waals surface area contributed by atoms with Crippen LogP contribution in [0.1, 0.15) is 84.4 Å². The molecule has 0 bridgehead atoms. The summed E-state index contributed by atoms with van der Waals surface area (Å²) in [5, 5.41) is 0. The molecule has 1 aliphatic heterocycles. The van der Waals surface area contributed by atoms with Crippen molar-refractivity contribution in [1.29, 1.82) is 0 Å². The number of pyridine rings is 1. The minimum absolute atomic E-state index is 0.183. The Morgan fingerprint density at radius 2 is 1.61 bits per heavy atom. The fourth-order valence-corrected chi connectivity index (χ4v) is 4.97. The maximum Gasteiger partial charge on any atom is 0.410 e. The number of aromatic nitrogens is 1. The molecular weight excluding hydrogens is 408 g/mol. The van der Waals surface area contributed by atoms with Crippen molar-refractivity contribution < 1.29 is 9.53 Å². The summed E-state index contributed by atoms with van der Waals surface area (Å²) in [7, 11) is 0. The van der Waals surface area contributed by atoms with Crippen LogP contribution in [0, 0.1) is 0 Å². The summed E-state index contributed by atoms with van der Waals surface area (Å²) in [6.07, 6.45) is 9.01. The van der Waals surface area contributed by atoms with Crippen molar-refractivity contribution in [3.63, 3.8) is 0 Å². The van der Waals surface area contributed by atoms with Crippen molar-refractivity contribution >= 4 is 11.7 Å². The van der Waals surface area contributed by atoms with Crippen LogP contribution in [0.15, 0.2) is 42.7 Å². The van der Waals surface area contributed by atoms with E-state index in [1.165, 1.54) is 35.1 Å². The number of nitrogens with zero attached hydrogens (tertiary/aromatic N) is 2. The molecule has 2 aromatic rings. The average Bonchev–Trinajstić information content (AvgIpc) is 2.76. The van der Waals surface area contributed by atoms with Crippen molar-refractivity contribution in [2.24, 2.45) is 0 Å². The third kappa shape index (κ3) is 5.00. The molecule has 0 fully saturated rings. The van der Waals surface area contributed by atoms with Crippen LogP contribution in [-0.4, -0.2) is 34.7 Å². The Morgan fingerprint density at radius 1 is 0.939 bits per heavy atom. The van der Waals surface area contributed by atoms with Crippen LogP contribution in [-0.2, 0) is 15.6 Å². The van der Waals surface area contributed by atoms with Crippen LogP contribution in [0.2, 0.25) is 0 Å². The van der Waals surface area contributed by atoms with Gasteiger partial charge in [0.2, 0.25) is 0 Å². The summed E-state index contributed by atoms with van der Waals surface area (Å²) in [4.78, 5) is 18.7. The molecule has 1 aromatic heterocycles. The summed E-state index contributed by atoms with van der Waals surface area (Å²) in [5.41, 5.74) is 7.61. The van der Waals surface area contributed by atoms with Gasteiger partial charge in [0, 0.05) is 31.0 Å². The minimum Gasteiger partial charge on any atom is -0.444 e. The normalized spacial score (nSPS) is 19.5. The lowest BCUT2D eigenvalue weighted by Crippen LogP contribution is -2.39. The number of ether oxygens (including phenoxy) is 1. The number of fused-ring (bicyclic) bond motifs is 1. The molecule has 1 amide bonds. The predicted octanol–water partition coefficient (Wildman–Crippen LogP) is 7.12. The fraction of sp³-hybridized carbons (Fsp3) is 0.517. The fourth-order valence-electron chi connectivity index (χ4n) is 4.97. The number of benzene rings is 1. The second-order valence-electron chi connectivity index (χ2n) is 11.9. The Kier molecular flexibility index (Phi) is 5.92. The molecule has 0 saturated carbocycles. The molecule has 4 heteroatoms. The van der Waals surface area contributed by atoms with Gasteiger partial charge in [-0.05, 0) is 84.8 Å². The van der Waals surface area contributed by atoms with Gasteiger partial charge in [-0.3, -0.25) is 4.98 Å². The molecule has 0 N–H and O–H groups in total. The third-order valence-electron chi connectivity index (χ3n) is 7.16. The van der Waals surface area contributed by atoms with Crippen molar-refractivity contribution in [2.45, 2.75) is 84.2 Å². The molecule has 2 heterocycles. The molecule has 0 spiro atoms. The molecule has 0 atom stereocenters. The van der Waals surface area contributed by atoms with Crippen LogP contribution in [0.25, 0.3) is 16.7 Å². The SMILES string of the molecule is CC(C)(C)OC(=O)N1CC=C(c2cncc(-c3ccc4c(c3)C(C)(C)CCC4(C)C)c2)CC1. The predicted molar refractivity (Wildman–Crippen MR) is 135 cm³/mol. The Morgan fingerprint density at radius 3 is 2.24 bits per heavy atom. The largest absolute Gasteiger partial charge is 0.444 e. The van der Waals surface area contributed by atoms with Gasteiger partial charge >= 0.3 is 6.09 Å². The van der Waals surface area contributed by atoms with Gasteiger partial charge in [0.1, 0.15) is 5.60 Å². The van der Waals surface area contributed by atoms with E-state index in [0.717, 1.165) is 17.5 Å². The van der Waals surface area contributed by atoms with Gasteiger partial charge in [-0.25, -0.2) is 4.79 Å². The Labute approximate surface area is 199 Å². The summed E-state index contributed by atoms with van der Waals surface area (Å²) >= 11 is 0. The first-order valence-electron chi connectivity index (χ1n) is 12.1. The van der Waals surface area contributed by atoms with Gasteiger partial charge < -0.3 is 9.64 Å². The monoisotopic (exact) mass is 446 g/mol. The van der Waals surface area contributed by atoms with E-state index < -0.39 is 5.60 Å². The van der Waals surface area contributed by atoms with E-state index in [2.05, 4.69) is 63.0 Å². The highest BCUT2D eigenvalue weighted by Crippen LogP contribution is 2.46. The molecule has 0 unspecified atom stereocenters. The summed E-state index contributed by atoms with van der Waals surface area (Å²) < 4.78 is 5.52. The number of carbonyl (C=O) groups is 1. The number of rotatable bonds is 2. The second kappa shape index (κ2) is 8.30. The van der Waals surface area contributed by atoms with Gasteiger partial charge in [-0.1, -0.05) is 52.0 Å². The topological polar surface area (TPSA) is 42.4 Å². The third-order valence-corrected chi connectivity index (χ3v) is 7.16. The van der Waals surface area contributed by atoms with E-state index in [1.807, 2.05) is 33.2 Å². The zero-order chi connectivity index (χ0) is 24.0. The van der Waals surface area contributed by atoms with Crippen molar-refractivity contribution in [3.8, 4) is 11.1 Å². The first-order chi connectivity index (χ1) is 15.4. The summed E-state index contributed by atoms with van der Waals surface area (Å²) in [6, 6.07) is 9.21. The van der Waals surface area contributed by atoms with Gasteiger partial charge in [-0.2, -0.15) is 0 Å². The highest BCUT2D eigenvalue weighted by atomic mass is 16.6. The van der Waals surface area contributed by atoms with E-state index in [0.29, 0.717) is 13.1 Å². The highest BCUT2D eigenvalue weighted by Gasteiger charge is 2.37. The van der Waals surface area contributed by atoms with Crippen molar-refractivity contribution in [3.05, 3.63) is 59.4 Å². The van der Waals surface area contributed by atoms with Crippen LogP contribution in [0.3, 0.4) is 0 Å². The zero-order valence-corrected chi connectivity index (χ0v) is 21.3. The number of amides is 1. The molecule has 1 aliphatic carbocycles. The maximum atomic E-state index is 12.4. The Bertz CT molecular complexity index is 1090. The molecule has 0 radical (unpaired) electrons. The minimum atomic E-state index is -0.474. The van der Waals surface area contributed by atoms with E-state index in [-0.39, 0.29) is 16.9 Å². The van der Waals surface area contributed by atoms with Crippen LogP contribution in [0.5, 0.6) is 0 Å². The smallest absolute Gasteiger partial charge is 0.410 e. The van der Waals surface area contributed by atoms with Crippen molar-refractivity contribution in [1.82, 2.24) is 9.88 Å². The van der Waals surface area contributed by atoms with E-state index in [1.54, 1.807) is 4.90 Å². The number of hydrogen-bond donors (Lipinski definition) is 0. The number of hydrogen-bond acceptors (Lipinski definition) is 3. The molecule has 4 rings (SSSR count). The van der Waals surface area contributed by atoms with Gasteiger partial charge in [0.25, 0.3) is 0 Å². The summed E-state index contributed by atoms with van der Waals surface area (Å²) in [6.45, 7) is 16.4. The molecular formula is C29H38N2O2. The number of carbonyl (C=O) groups excluding carboxylic acids is 1. The van der Waals surface area contributed by atoms with Crippen LogP contribution in [0.4, 0.5) is 4.79 Å². The first kappa shape index (κ1) is 23.5. The van der Waals surface area contributed by atoms with E-state index >= 15 is 0 Å². The molecule has 33 heavy (non-hydrogen) atoms. The van der Waals surface area contributed by atoms with Gasteiger partial charge in [-0.15, -0.1) is 0 Å². The molecule has 1 aromatic carbocycles. The van der Waals surface area contributed by atoms with Crippen LogP contribution >= 0.6 is 0 Å². The maximum absolute atomic E-state index is 12.4. The first-order valence-corrected chi connectivity index (χ1v) is 12.1. The standard InChI is InChI=1S/C29H38N2O2/c1-27(2,3)33-26(32)31-14-10-20(11-15-31)22-16-23(19-30-18-22)21-8-9-24-25(17-21)29(6,7)13-12-28(24,4)5/h8-10,16-19H,11-15H2,1-7H3. The molecule has 176 valence electrons. The van der Waals surface area contributed by atoms with E-state index in [9.17, 15) is 4.79 Å². The van der Waals surface area contributed by atoms with Crippen LogP contribution < -0.4 is 0 Å². The second-order valence-corrected chi connectivity index (χ2v) is 11.9. The highest BCUT2D eigenvalue weighted by molar-refractivity contribution is 5.75. The quantitative estimate of drug-likeness (QED) is 0.493. The summed E-state index contributed by atoms with van der Waals surface area (Å²) in [5.74, 6) is 0. The van der Waals surface area contributed by atoms with Gasteiger partial charge in [0.15, 0.2) is 0 Å². The molecule has 2 aliphatic rings. The van der Waals surface area contributed by atoms with Crippen molar-refractivity contribution in [2.75, 3.05) is 13.1 Å². The molecule has 0 saturated heterocycles. The lowest BCUT2D eigenvalue weighted by molar-refractivity contribution is 0.0270. The lowest BCUT2D eigenvalue weighted by Gasteiger charge is -2.42. The molecule has 4 nitrogen and oxygen atoms in total. The van der Waals surface area contributed by atoms with E-state index in [4.69, 9.17) is 4.74 Å². The average molecular weight is 447 g/mol. The van der Waals surface area contributed by atoms with Gasteiger partial charge in [0.05, 0.1) is 0 Å². The zero-order valence-electron chi connectivity index (χ0n) is 21.3. The lowest BCUT2D eigenvalue weighted by atomic mass is 9.63. The Hall–Kier alpha value is -2.62. The Balaban J connectivity index is 1.58.